The second kappa shape index (κ2) is 5.40. The van der Waals surface area contributed by atoms with Gasteiger partial charge in [0.05, 0.1) is 4.47 Å². The molecular weight excluding hydrogens is 318 g/mol. The number of halogens is 1. The molecule has 2 bridgehead atoms. The Morgan fingerprint density at radius 2 is 2.20 bits per heavy atom. The third-order valence-corrected chi connectivity index (χ3v) is 5.67. The molecule has 1 aromatic carbocycles. The van der Waals surface area contributed by atoms with Gasteiger partial charge in [0, 0.05) is 11.6 Å². The molecule has 20 heavy (non-hydrogen) atoms. The number of benzene rings is 1. The fraction of sp³-hybridized carbons (Fsp3) is 0.562. The standard InChI is InChI=1S/C16H20BrNO2/c1-9(13-7-10-2-3-11(13)6-10)18-16(20)12-4-5-14(17)15(19)8-12/h4-5,8-11,13,19H,2-3,6-7H2,1H3,(H,18,20). The second-order valence-corrected chi connectivity index (χ2v) is 7.12. The lowest BCUT2D eigenvalue weighted by Crippen LogP contribution is -2.40. The van der Waals surface area contributed by atoms with Crippen molar-refractivity contribution in [1.82, 2.24) is 5.32 Å². The summed E-state index contributed by atoms with van der Waals surface area (Å²) in [6, 6.07) is 5.15. The van der Waals surface area contributed by atoms with Crippen LogP contribution >= 0.6 is 15.9 Å². The number of phenols is 1. The Kier molecular flexibility index (Phi) is 3.76. The molecule has 4 heteroatoms. The number of rotatable bonds is 3. The molecule has 0 aliphatic heterocycles. The molecule has 0 heterocycles. The molecular formula is C16H20BrNO2. The number of carbonyl (C=O) groups is 1. The molecule has 2 aliphatic rings. The van der Waals surface area contributed by atoms with E-state index in [1.54, 1.807) is 12.1 Å². The molecule has 0 spiro atoms. The van der Waals surface area contributed by atoms with Gasteiger partial charge in [0.1, 0.15) is 5.75 Å². The molecule has 1 aromatic rings. The first-order valence-electron chi connectivity index (χ1n) is 7.34. The Balaban J connectivity index is 1.65. The van der Waals surface area contributed by atoms with E-state index in [0.717, 1.165) is 11.8 Å². The monoisotopic (exact) mass is 337 g/mol. The highest BCUT2D eigenvalue weighted by Crippen LogP contribution is 2.49. The fourth-order valence-electron chi connectivity index (χ4n) is 3.96. The average Bonchev–Trinajstić information content (AvgIpc) is 3.04. The quantitative estimate of drug-likeness (QED) is 0.883. The van der Waals surface area contributed by atoms with Crippen molar-refractivity contribution >= 4 is 21.8 Å². The van der Waals surface area contributed by atoms with Gasteiger partial charge in [-0.1, -0.05) is 6.42 Å². The minimum absolute atomic E-state index is 0.0944. The normalized spacial score (nSPS) is 29.4. The molecule has 0 aromatic heterocycles. The van der Waals surface area contributed by atoms with Gasteiger partial charge >= 0.3 is 0 Å². The van der Waals surface area contributed by atoms with Gasteiger partial charge < -0.3 is 10.4 Å². The smallest absolute Gasteiger partial charge is 0.251 e. The third kappa shape index (κ3) is 2.58. The summed E-state index contributed by atoms with van der Waals surface area (Å²) in [5, 5.41) is 12.8. The summed E-state index contributed by atoms with van der Waals surface area (Å²) in [5.41, 5.74) is 0.515. The molecule has 108 valence electrons. The minimum Gasteiger partial charge on any atom is -0.507 e. The van der Waals surface area contributed by atoms with Crippen LogP contribution in [0.25, 0.3) is 0 Å². The predicted molar refractivity (Wildman–Crippen MR) is 81.7 cm³/mol. The number of hydrogen-bond acceptors (Lipinski definition) is 2. The zero-order chi connectivity index (χ0) is 14.3. The van der Waals surface area contributed by atoms with E-state index in [2.05, 4.69) is 28.2 Å². The Morgan fingerprint density at radius 3 is 2.80 bits per heavy atom. The second-order valence-electron chi connectivity index (χ2n) is 6.27. The van der Waals surface area contributed by atoms with Crippen molar-refractivity contribution < 1.29 is 9.90 Å². The molecule has 2 N–H and O–H groups in total. The Bertz CT molecular complexity index is 531. The van der Waals surface area contributed by atoms with Crippen molar-refractivity contribution in [3.05, 3.63) is 28.2 Å². The van der Waals surface area contributed by atoms with Gasteiger partial charge in [-0.2, -0.15) is 0 Å². The summed E-state index contributed by atoms with van der Waals surface area (Å²) in [6.45, 7) is 2.11. The number of fused-ring (bicyclic) bond motifs is 2. The number of phenolic OH excluding ortho intramolecular Hbond substituents is 1. The van der Waals surface area contributed by atoms with Crippen LogP contribution in [0, 0.1) is 17.8 Å². The Hall–Kier alpha value is -1.03. The summed E-state index contributed by atoms with van der Waals surface area (Å²) in [7, 11) is 0. The summed E-state index contributed by atoms with van der Waals surface area (Å²) in [4.78, 5) is 12.2. The van der Waals surface area contributed by atoms with Crippen molar-refractivity contribution in [3.63, 3.8) is 0 Å². The van der Waals surface area contributed by atoms with Crippen molar-refractivity contribution in [2.75, 3.05) is 0 Å². The highest BCUT2D eigenvalue weighted by Gasteiger charge is 2.42. The first kappa shape index (κ1) is 13.9. The summed E-state index contributed by atoms with van der Waals surface area (Å²) < 4.78 is 0.607. The van der Waals surface area contributed by atoms with Crippen LogP contribution in [0.2, 0.25) is 0 Å². The molecule has 3 rings (SSSR count). The number of nitrogens with one attached hydrogen (secondary N) is 1. The van der Waals surface area contributed by atoms with Crippen LogP contribution in [0.3, 0.4) is 0 Å². The van der Waals surface area contributed by atoms with E-state index in [0.29, 0.717) is 16.0 Å². The van der Waals surface area contributed by atoms with E-state index in [1.807, 2.05) is 0 Å². The molecule has 0 saturated heterocycles. The van der Waals surface area contributed by atoms with E-state index in [9.17, 15) is 9.90 Å². The van der Waals surface area contributed by atoms with Crippen molar-refractivity contribution in [1.29, 1.82) is 0 Å². The van der Waals surface area contributed by atoms with Crippen LogP contribution in [0.1, 0.15) is 43.0 Å². The zero-order valence-corrected chi connectivity index (χ0v) is 13.2. The molecule has 2 aliphatic carbocycles. The number of carbonyl (C=O) groups excluding carboxylic acids is 1. The van der Waals surface area contributed by atoms with Crippen molar-refractivity contribution in [2.24, 2.45) is 17.8 Å². The van der Waals surface area contributed by atoms with E-state index in [4.69, 9.17) is 0 Å². The maximum Gasteiger partial charge on any atom is 0.251 e. The predicted octanol–water partition coefficient (Wildman–Crippen LogP) is 3.71. The van der Waals surface area contributed by atoms with Crippen LogP contribution in [0.15, 0.2) is 22.7 Å². The molecule has 2 fully saturated rings. The van der Waals surface area contributed by atoms with Crippen LogP contribution in [0.4, 0.5) is 0 Å². The maximum absolute atomic E-state index is 12.2. The van der Waals surface area contributed by atoms with Crippen LogP contribution in [-0.4, -0.2) is 17.1 Å². The lowest BCUT2D eigenvalue weighted by Gasteiger charge is -2.28. The lowest BCUT2D eigenvalue weighted by atomic mass is 9.84. The van der Waals surface area contributed by atoms with E-state index >= 15 is 0 Å². The van der Waals surface area contributed by atoms with Gasteiger partial charge in [-0.25, -0.2) is 0 Å². The van der Waals surface area contributed by atoms with Crippen molar-refractivity contribution in [2.45, 2.75) is 38.6 Å². The first-order valence-corrected chi connectivity index (χ1v) is 8.13. The van der Waals surface area contributed by atoms with Gasteiger partial charge in [-0.05, 0) is 78.1 Å². The largest absolute Gasteiger partial charge is 0.507 e. The molecule has 3 nitrogen and oxygen atoms in total. The van der Waals surface area contributed by atoms with Gasteiger partial charge in [0.2, 0.25) is 0 Å². The van der Waals surface area contributed by atoms with Gasteiger partial charge in [0.25, 0.3) is 5.91 Å². The minimum atomic E-state index is -0.0944. The summed E-state index contributed by atoms with van der Waals surface area (Å²) in [6.07, 6.45) is 5.32. The van der Waals surface area contributed by atoms with Crippen LogP contribution in [0.5, 0.6) is 5.75 Å². The maximum atomic E-state index is 12.2. The average molecular weight is 338 g/mol. The molecule has 4 unspecified atom stereocenters. The van der Waals surface area contributed by atoms with E-state index in [-0.39, 0.29) is 17.7 Å². The van der Waals surface area contributed by atoms with E-state index < -0.39 is 0 Å². The van der Waals surface area contributed by atoms with Gasteiger partial charge in [-0.3, -0.25) is 4.79 Å². The van der Waals surface area contributed by atoms with Crippen LogP contribution in [-0.2, 0) is 0 Å². The number of aromatic hydroxyl groups is 1. The zero-order valence-electron chi connectivity index (χ0n) is 11.6. The van der Waals surface area contributed by atoms with Gasteiger partial charge in [-0.15, -0.1) is 0 Å². The molecule has 2 saturated carbocycles. The molecule has 1 amide bonds. The first-order chi connectivity index (χ1) is 9.54. The highest BCUT2D eigenvalue weighted by atomic mass is 79.9. The Labute approximate surface area is 127 Å². The lowest BCUT2D eigenvalue weighted by molar-refractivity contribution is 0.0915. The van der Waals surface area contributed by atoms with Crippen LogP contribution < -0.4 is 5.32 Å². The van der Waals surface area contributed by atoms with Gasteiger partial charge in [0.15, 0.2) is 0 Å². The van der Waals surface area contributed by atoms with Crippen molar-refractivity contribution in [3.8, 4) is 5.75 Å². The SMILES string of the molecule is CC(NC(=O)c1ccc(Br)c(O)c1)C1CC2CCC1C2. The number of amides is 1. The highest BCUT2D eigenvalue weighted by molar-refractivity contribution is 9.10. The summed E-state index contributed by atoms with van der Waals surface area (Å²) in [5.74, 6) is 2.32. The number of hydrogen-bond donors (Lipinski definition) is 2. The summed E-state index contributed by atoms with van der Waals surface area (Å²) >= 11 is 3.22. The molecule has 4 atom stereocenters. The third-order valence-electron chi connectivity index (χ3n) is 5.00. The van der Waals surface area contributed by atoms with E-state index in [1.165, 1.54) is 31.7 Å². The topological polar surface area (TPSA) is 49.3 Å². The fourth-order valence-corrected chi connectivity index (χ4v) is 4.20. The Morgan fingerprint density at radius 1 is 1.40 bits per heavy atom. The molecule has 0 radical (unpaired) electrons.